The molecule has 10 rings (SSSR count). The summed E-state index contributed by atoms with van der Waals surface area (Å²) < 4.78 is 11.4. The van der Waals surface area contributed by atoms with E-state index in [4.69, 9.17) is 14.5 Å². The van der Waals surface area contributed by atoms with Gasteiger partial charge in [-0.15, -0.1) is 69.3 Å². The average Bonchev–Trinajstić information content (AvgIpc) is 1.64. The summed E-state index contributed by atoms with van der Waals surface area (Å²) in [5.74, 6) is 0.603. The lowest BCUT2D eigenvalue weighted by Crippen LogP contribution is -2.53. The van der Waals surface area contributed by atoms with Crippen molar-refractivity contribution in [1.29, 1.82) is 0 Å². The van der Waals surface area contributed by atoms with Gasteiger partial charge in [0.15, 0.2) is 5.78 Å². The van der Waals surface area contributed by atoms with Crippen molar-refractivity contribution in [2.24, 2.45) is 32.7 Å². The van der Waals surface area contributed by atoms with Crippen molar-refractivity contribution < 1.29 is 52.6 Å². The van der Waals surface area contributed by atoms with Crippen LogP contribution in [0.1, 0.15) is 151 Å². The second-order valence-corrected chi connectivity index (χ2v) is 32.8. The zero-order valence-corrected chi connectivity index (χ0v) is 63.7. The Bertz CT molecular complexity index is 3520. The molecule has 0 spiro atoms. The van der Waals surface area contributed by atoms with Gasteiger partial charge >= 0.3 is 11.9 Å². The van der Waals surface area contributed by atoms with Crippen molar-refractivity contribution >= 4 is 175 Å². The third kappa shape index (κ3) is 21.8. The van der Waals surface area contributed by atoms with E-state index in [0.29, 0.717) is 70.5 Å². The maximum Gasteiger partial charge on any atom is 0.329 e. The standard InChI is InChI=1S/C23H32N4O4S3.C22H30N4O3S3.C21H26N4O4S3/c1-14(2)19-21(29)31-15(8-6-4-5-7-9-32)10-17(28)24-11-18-25-16(12-33-18)20-27-23(3,13-34-20)22(30)26-19;1-13(2)19-16(27)8-14(6-4-5-7-30)9-17(28)23-10-18-24-15(11-31-18)20-26-22(3,12-32-20)21(29)25-19;1-21-12-32-18(24-21)14-11-31-17(23-14)10-22-16(26)9-13(5-2-3-8-30)29-19(27)15-6-4-7-25(15)20(21)28/h6,8,12,14-15,19,32H,4-5,7,9-11,13H2,1-3H3,(H,24,28)(H,26,30);4,6,11,13-14,19,30H,5,7-10,12H2,1-3H3,(H,23,28)(H,25,29);2,5,11,13,15,30H,3-4,6-10,12H2,1H3,(H,22,26)/b8-6+;6-4+;5-2+/t15-,19+,23+;14-,19-,22-;13-,15+,21+/m101/s1. The summed E-state index contributed by atoms with van der Waals surface area (Å²) in [7, 11) is 0. The molecule has 0 radical (unpaired) electrons. The number of allylic oxidation sites excluding steroid dienone is 4. The average molecular weight is 1510 g/mol. The van der Waals surface area contributed by atoms with Crippen molar-refractivity contribution in [3.63, 3.8) is 0 Å². The number of unbranched alkanes of at least 4 members (excludes halogenated alkanes) is 2. The number of thioether (sulfide) groups is 3. The number of esters is 2. The fourth-order valence-corrected chi connectivity index (χ4v) is 17.3. The first-order valence-electron chi connectivity index (χ1n) is 32.8. The van der Waals surface area contributed by atoms with E-state index in [2.05, 4.69) is 89.4 Å². The predicted molar refractivity (Wildman–Crippen MR) is 401 cm³/mol. The lowest BCUT2D eigenvalue weighted by Gasteiger charge is -2.30. The number of hydrogen-bond acceptors (Lipinski definition) is 26. The number of carbonyl (C=O) groups excluding carboxylic acids is 9. The number of Topliss-reactive ketones (excluding diaryl/α,β-unsaturated/α-hetero) is 1. The maximum atomic E-state index is 13.4. The number of thiazole rings is 3. The Balaban J connectivity index is 0.000000188. The Hall–Kier alpha value is -5.35. The lowest BCUT2D eigenvalue weighted by atomic mass is 9.89. The first-order valence-corrected chi connectivity index (χ1v) is 40.3. The third-order valence-corrected chi connectivity index (χ3v) is 23.8. The molecule has 532 valence electrons. The number of aromatic nitrogens is 3. The highest BCUT2D eigenvalue weighted by molar-refractivity contribution is 8.15. The van der Waals surface area contributed by atoms with Gasteiger partial charge in [-0.1, -0.05) is 52.0 Å². The second-order valence-electron chi connectivity index (χ2n) is 25.7. The van der Waals surface area contributed by atoms with E-state index in [0.717, 1.165) is 69.3 Å². The first-order chi connectivity index (χ1) is 46.8. The van der Waals surface area contributed by atoms with Crippen LogP contribution in [0.2, 0.25) is 0 Å². The molecular weight excluding hydrogens is 1430 g/mol. The van der Waals surface area contributed by atoms with Gasteiger partial charge in [-0.05, 0) is 113 Å². The van der Waals surface area contributed by atoms with Crippen LogP contribution < -0.4 is 26.6 Å². The minimum atomic E-state index is -1.01. The minimum Gasteiger partial charge on any atom is -0.456 e. The molecule has 3 aromatic heterocycles. The number of nitrogens with zero attached hydrogens (tertiary/aromatic N) is 7. The normalized spacial score (nSPS) is 27.7. The van der Waals surface area contributed by atoms with Gasteiger partial charge in [0.1, 0.15) is 88.1 Å². The van der Waals surface area contributed by atoms with E-state index < -0.39 is 58.9 Å². The number of fused-ring (bicyclic) bond motifs is 13. The van der Waals surface area contributed by atoms with Crippen LogP contribution >= 0.6 is 107 Å². The smallest absolute Gasteiger partial charge is 0.329 e. The van der Waals surface area contributed by atoms with E-state index in [1.807, 2.05) is 75.1 Å². The molecule has 3 aromatic rings. The molecule has 12 bridgehead atoms. The van der Waals surface area contributed by atoms with Gasteiger partial charge in [0.05, 0.1) is 38.5 Å². The number of nitrogens with one attached hydrogen (secondary N) is 5. The number of ether oxygens (including phenoxy) is 2. The van der Waals surface area contributed by atoms with Crippen molar-refractivity contribution in [2.45, 2.75) is 186 Å². The zero-order chi connectivity index (χ0) is 70.7. The summed E-state index contributed by atoms with van der Waals surface area (Å²) >= 11 is 21.4. The summed E-state index contributed by atoms with van der Waals surface area (Å²) in [4.78, 5) is 146. The molecule has 0 aliphatic carbocycles. The number of amides is 6. The number of carbonyl (C=O) groups is 9. The molecule has 0 saturated carbocycles. The third-order valence-electron chi connectivity index (χ3n) is 16.6. The van der Waals surface area contributed by atoms with E-state index >= 15 is 0 Å². The number of aliphatic imine (C=N–C) groups is 3. The molecule has 9 atom stereocenters. The van der Waals surface area contributed by atoms with Gasteiger partial charge in [0.25, 0.3) is 5.91 Å². The molecule has 7 aliphatic heterocycles. The Labute approximate surface area is 614 Å². The molecule has 10 heterocycles. The van der Waals surface area contributed by atoms with Crippen LogP contribution in [0.5, 0.6) is 0 Å². The van der Waals surface area contributed by atoms with Crippen LogP contribution in [-0.2, 0) is 72.3 Å². The van der Waals surface area contributed by atoms with Gasteiger partial charge in [0.2, 0.25) is 29.5 Å². The fourth-order valence-electron chi connectivity index (χ4n) is 11.0. The largest absolute Gasteiger partial charge is 0.456 e. The highest BCUT2D eigenvalue weighted by Gasteiger charge is 2.48. The minimum absolute atomic E-state index is 0.00786. The Morgan fingerprint density at radius 2 is 0.990 bits per heavy atom. The molecule has 0 unspecified atom stereocenters. The highest BCUT2D eigenvalue weighted by atomic mass is 32.2. The zero-order valence-electron chi connectivity index (χ0n) is 56.1. The summed E-state index contributed by atoms with van der Waals surface area (Å²) in [6.07, 6.45) is 15.6. The molecule has 5 N–H and O–H groups in total. The quantitative estimate of drug-likeness (QED) is 0.0345. The van der Waals surface area contributed by atoms with Crippen LogP contribution in [-0.4, -0.2) is 176 Å². The van der Waals surface area contributed by atoms with Gasteiger partial charge in [-0.25, -0.2) is 24.5 Å². The van der Waals surface area contributed by atoms with Crippen LogP contribution in [0.3, 0.4) is 0 Å². The number of rotatable bonds is 13. The maximum absolute atomic E-state index is 13.4. The van der Waals surface area contributed by atoms with E-state index in [1.54, 1.807) is 30.9 Å². The van der Waals surface area contributed by atoms with Gasteiger partial charge in [-0.2, -0.15) is 37.9 Å². The Morgan fingerprint density at radius 1 is 0.551 bits per heavy atom. The predicted octanol–water partition coefficient (Wildman–Crippen LogP) is 8.33. The first kappa shape index (κ1) is 78.4. The molecule has 32 heteroatoms. The summed E-state index contributed by atoms with van der Waals surface area (Å²) in [5.41, 5.74) is -0.758. The Morgan fingerprint density at radius 3 is 1.47 bits per heavy atom. The number of hydrogen-bond donors (Lipinski definition) is 8. The van der Waals surface area contributed by atoms with Crippen LogP contribution in [0.15, 0.2) is 67.6 Å². The van der Waals surface area contributed by atoms with Gasteiger partial charge in [0, 0.05) is 52.8 Å². The summed E-state index contributed by atoms with van der Waals surface area (Å²) in [6.45, 7) is 14.3. The van der Waals surface area contributed by atoms with Crippen molar-refractivity contribution in [3.8, 4) is 0 Å². The number of ketones is 1. The molecule has 23 nitrogen and oxygen atoms in total. The molecular formula is C66H88N12O11S9. The molecule has 7 aliphatic rings. The monoisotopic (exact) mass is 1510 g/mol. The van der Waals surface area contributed by atoms with E-state index in [1.165, 1.54) is 69.3 Å². The molecule has 1 fully saturated rings. The van der Waals surface area contributed by atoms with Gasteiger partial charge in [-0.3, -0.25) is 48.5 Å². The molecule has 1 saturated heterocycles. The molecule has 98 heavy (non-hydrogen) atoms. The topological polar surface area (TPSA) is 311 Å². The number of thiol groups is 3. The number of cyclic esters (lactones) is 2. The van der Waals surface area contributed by atoms with Crippen molar-refractivity contribution in [3.05, 3.63) is 84.7 Å². The van der Waals surface area contributed by atoms with E-state index in [-0.39, 0.29) is 97.8 Å². The van der Waals surface area contributed by atoms with E-state index in [9.17, 15) is 43.2 Å². The van der Waals surface area contributed by atoms with Gasteiger partial charge < -0.3 is 41.0 Å². The van der Waals surface area contributed by atoms with Crippen LogP contribution in [0.4, 0.5) is 0 Å². The fraction of sp³-hybridized carbons (Fsp3) is 0.591. The van der Waals surface area contributed by atoms with Crippen molar-refractivity contribution in [1.82, 2.24) is 46.4 Å². The lowest BCUT2D eigenvalue weighted by molar-refractivity contribution is -0.158. The summed E-state index contributed by atoms with van der Waals surface area (Å²) in [6, 6.07) is -2.15. The van der Waals surface area contributed by atoms with Crippen LogP contribution in [0.25, 0.3) is 0 Å². The Kier molecular flexibility index (Phi) is 29.6. The summed E-state index contributed by atoms with van der Waals surface area (Å²) in [5, 5.41) is 24.5. The second kappa shape index (κ2) is 37.0. The SMILES string of the molecule is CC(C)[C@@H]1NC(=O)[C@]2(C)CSC(=N2)c2csc(n2)CNC(=O)C[C@@H](/C=C/CCCCS)OC1=O.CC(C)[C@@H]1NC(=O)[C@]2(C)CSC(=N2)c2csc(n2)CNC(=O)C[C@@H](/C=C/CCS)CC1=O.C[C@@]12CSC(=N1)c1csc(n1)CNC(=O)C[C@@H](/C=C/CCS)OC(=O)[C@@H]1CCCN1C2=O. The molecule has 6 amide bonds. The highest BCUT2D eigenvalue weighted by Crippen LogP contribution is 2.37. The molecule has 0 aromatic carbocycles. The van der Waals surface area contributed by atoms with Crippen LogP contribution in [0, 0.1) is 17.8 Å². The van der Waals surface area contributed by atoms with Crippen molar-refractivity contribution in [2.75, 3.05) is 41.1 Å².